The normalized spacial score (nSPS) is 12.9. The molecule has 1 unspecified atom stereocenters. The number of rotatable bonds is 3. The second-order valence-electron chi connectivity index (χ2n) is 8.20. The lowest BCUT2D eigenvalue weighted by atomic mass is 9.75. The fourth-order valence-corrected chi connectivity index (χ4v) is 3.80. The number of nitrogens with zero attached hydrogens (tertiary/aromatic N) is 1. The Morgan fingerprint density at radius 3 is 2.27 bits per heavy atom. The molecule has 2 N–H and O–H groups in total. The first-order chi connectivity index (χ1) is 13.9. The van der Waals surface area contributed by atoms with Crippen molar-refractivity contribution in [2.75, 3.05) is 0 Å². The molecule has 0 aliphatic carbocycles. The average molecular weight is 419 g/mol. The van der Waals surface area contributed by atoms with Gasteiger partial charge in [0, 0.05) is 22.7 Å². The van der Waals surface area contributed by atoms with Crippen molar-refractivity contribution in [1.82, 2.24) is 4.57 Å². The molecule has 0 spiro atoms. The highest BCUT2D eigenvalue weighted by atomic mass is 19.1. The number of hydrogen-bond acceptors (Lipinski definition) is 3. The zero-order chi connectivity index (χ0) is 22.5. The molecular formula is C22H20F3NO4. The number of phenolic OH excluding ortho intramolecular Hbond substituents is 1. The molecule has 3 aromatic rings. The Morgan fingerprint density at radius 1 is 1.10 bits per heavy atom. The van der Waals surface area contributed by atoms with E-state index in [2.05, 4.69) is 0 Å². The first kappa shape index (κ1) is 21.4. The Hall–Kier alpha value is -3.29. The molecule has 158 valence electrons. The van der Waals surface area contributed by atoms with Crippen molar-refractivity contribution in [3.8, 4) is 5.75 Å². The molecule has 0 radical (unpaired) electrons. The van der Waals surface area contributed by atoms with Gasteiger partial charge in [0.15, 0.2) is 17.4 Å². The van der Waals surface area contributed by atoms with Gasteiger partial charge in [-0.3, -0.25) is 14.2 Å². The lowest BCUT2D eigenvalue weighted by molar-refractivity contribution is -0.141. The van der Waals surface area contributed by atoms with Crippen molar-refractivity contribution in [3.63, 3.8) is 0 Å². The highest BCUT2D eigenvalue weighted by Gasteiger charge is 2.39. The third-order valence-electron chi connectivity index (χ3n) is 5.08. The molecule has 2 aromatic carbocycles. The van der Waals surface area contributed by atoms with Crippen molar-refractivity contribution in [2.45, 2.75) is 33.6 Å². The van der Waals surface area contributed by atoms with Crippen LogP contribution in [0.5, 0.6) is 5.75 Å². The topological polar surface area (TPSA) is 79.5 Å². The molecule has 0 saturated carbocycles. The summed E-state index contributed by atoms with van der Waals surface area (Å²) >= 11 is 0. The Morgan fingerprint density at radius 2 is 1.73 bits per heavy atom. The molecule has 30 heavy (non-hydrogen) atoms. The van der Waals surface area contributed by atoms with Gasteiger partial charge in [0.05, 0.1) is 11.4 Å². The second kappa shape index (κ2) is 7.19. The zero-order valence-corrected chi connectivity index (χ0v) is 16.8. The van der Waals surface area contributed by atoms with Gasteiger partial charge in [0.1, 0.15) is 5.82 Å². The molecule has 3 rings (SSSR count). The van der Waals surface area contributed by atoms with E-state index in [0.29, 0.717) is 0 Å². The summed E-state index contributed by atoms with van der Waals surface area (Å²) in [7, 11) is 0. The van der Waals surface area contributed by atoms with E-state index in [-0.39, 0.29) is 27.7 Å². The van der Waals surface area contributed by atoms with Gasteiger partial charge in [-0.25, -0.2) is 13.2 Å². The van der Waals surface area contributed by atoms with Crippen LogP contribution in [0.1, 0.15) is 48.3 Å². The van der Waals surface area contributed by atoms with E-state index < -0.39 is 46.4 Å². The highest BCUT2D eigenvalue weighted by molar-refractivity contribution is 6.05. The molecule has 0 fully saturated rings. The minimum absolute atomic E-state index is 0.0532. The summed E-state index contributed by atoms with van der Waals surface area (Å²) in [5, 5.41) is 19.3. The number of hydrogen-bond donors (Lipinski definition) is 2. The largest absolute Gasteiger partial charge is 0.503 e. The summed E-state index contributed by atoms with van der Waals surface area (Å²) in [6.07, 6.45) is 0. The minimum atomic E-state index is -1.36. The van der Waals surface area contributed by atoms with Crippen molar-refractivity contribution in [1.29, 1.82) is 0 Å². The maximum absolute atomic E-state index is 15.0. The lowest BCUT2D eigenvalue weighted by Gasteiger charge is -2.28. The molecule has 0 aliphatic rings. The molecule has 1 heterocycles. The predicted molar refractivity (Wildman–Crippen MR) is 104 cm³/mol. The Bertz CT molecular complexity index is 1190. The van der Waals surface area contributed by atoms with Crippen molar-refractivity contribution < 1.29 is 33.0 Å². The third kappa shape index (κ3) is 3.32. The number of aliphatic carboxylic acids is 1. The maximum atomic E-state index is 15.0. The number of carboxylic acids is 1. The molecule has 0 bridgehead atoms. The number of aromatic hydroxyl groups is 1. The molecular weight excluding hydrogens is 399 g/mol. The van der Waals surface area contributed by atoms with Crippen molar-refractivity contribution in [2.24, 2.45) is 5.41 Å². The fourth-order valence-electron chi connectivity index (χ4n) is 3.80. The maximum Gasteiger partial charge on any atom is 0.311 e. The highest BCUT2D eigenvalue weighted by Crippen LogP contribution is 2.44. The number of carbonyl (C=O) groups is 2. The van der Waals surface area contributed by atoms with Crippen LogP contribution in [0.25, 0.3) is 10.9 Å². The summed E-state index contributed by atoms with van der Waals surface area (Å²) in [4.78, 5) is 25.2. The van der Waals surface area contributed by atoms with Gasteiger partial charge in [-0.1, -0.05) is 26.8 Å². The molecule has 5 nitrogen and oxygen atoms in total. The van der Waals surface area contributed by atoms with Gasteiger partial charge in [-0.2, -0.15) is 0 Å². The van der Waals surface area contributed by atoms with Crippen molar-refractivity contribution >= 4 is 22.8 Å². The monoisotopic (exact) mass is 419 g/mol. The van der Waals surface area contributed by atoms with Crippen LogP contribution < -0.4 is 0 Å². The SMILES string of the molecule is Cc1c(C(C(=O)O)C(C)(C)C)c2c(F)c(O)c(F)cc2n1C(=O)c1cccc(F)c1. The van der Waals surface area contributed by atoms with E-state index in [9.17, 15) is 33.0 Å². The number of carbonyl (C=O) groups excluding carboxylic acids is 1. The first-order valence-electron chi connectivity index (χ1n) is 9.11. The molecule has 0 aliphatic heterocycles. The smallest absolute Gasteiger partial charge is 0.311 e. The van der Waals surface area contributed by atoms with Crippen LogP contribution in [-0.4, -0.2) is 26.7 Å². The summed E-state index contributed by atoms with van der Waals surface area (Å²) in [6.45, 7) is 6.29. The van der Waals surface area contributed by atoms with E-state index >= 15 is 0 Å². The standard InChI is InChI=1S/C22H20F3NO4/c1-10-15(17(21(29)30)22(2,3)4)16-14(9-13(24)19(27)18(16)25)26(10)20(28)11-6-5-7-12(23)8-11/h5-9,17,27H,1-4H3,(H,29,30). The Kier molecular flexibility index (Phi) is 5.14. The van der Waals surface area contributed by atoms with E-state index in [1.54, 1.807) is 20.8 Å². The van der Waals surface area contributed by atoms with Gasteiger partial charge in [-0.05, 0) is 36.1 Å². The number of benzene rings is 2. The van der Waals surface area contributed by atoms with Gasteiger partial charge < -0.3 is 10.2 Å². The second-order valence-corrected chi connectivity index (χ2v) is 8.20. The molecule has 8 heteroatoms. The van der Waals surface area contributed by atoms with E-state index in [1.165, 1.54) is 19.1 Å². The summed E-state index contributed by atoms with van der Waals surface area (Å²) in [5.74, 6) is -7.94. The number of halogens is 3. The molecule has 0 saturated heterocycles. The Labute approximate surface area is 170 Å². The number of carboxylic acid groups (broad SMARTS) is 1. The molecule has 0 amide bonds. The number of phenols is 1. The minimum Gasteiger partial charge on any atom is -0.503 e. The first-order valence-corrected chi connectivity index (χ1v) is 9.11. The predicted octanol–water partition coefficient (Wildman–Crippen LogP) is 4.98. The summed E-state index contributed by atoms with van der Waals surface area (Å²) < 4.78 is 43.7. The van der Waals surface area contributed by atoms with Crippen LogP contribution in [0.4, 0.5) is 13.2 Å². The van der Waals surface area contributed by atoms with Gasteiger partial charge >= 0.3 is 5.97 Å². The fraction of sp³-hybridized carbons (Fsp3) is 0.273. The molecule has 1 aromatic heterocycles. The van der Waals surface area contributed by atoms with Crippen LogP contribution in [0.3, 0.4) is 0 Å². The van der Waals surface area contributed by atoms with E-state index in [0.717, 1.165) is 22.8 Å². The van der Waals surface area contributed by atoms with E-state index in [4.69, 9.17) is 0 Å². The van der Waals surface area contributed by atoms with Crippen LogP contribution in [0.15, 0.2) is 30.3 Å². The Balaban J connectivity index is 2.47. The van der Waals surface area contributed by atoms with Crippen LogP contribution in [0.2, 0.25) is 0 Å². The molecule has 1 atom stereocenters. The summed E-state index contributed by atoms with van der Waals surface area (Å²) in [6, 6.07) is 5.52. The number of aromatic nitrogens is 1. The quantitative estimate of drug-likeness (QED) is 0.628. The summed E-state index contributed by atoms with van der Waals surface area (Å²) in [5.41, 5.74) is -1.24. The van der Waals surface area contributed by atoms with Gasteiger partial charge in [-0.15, -0.1) is 0 Å². The van der Waals surface area contributed by atoms with Crippen LogP contribution in [0, 0.1) is 29.8 Å². The van der Waals surface area contributed by atoms with E-state index in [1.807, 2.05) is 0 Å². The average Bonchev–Trinajstić information content (AvgIpc) is 2.90. The van der Waals surface area contributed by atoms with Crippen LogP contribution in [-0.2, 0) is 4.79 Å². The number of fused-ring (bicyclic) bond motifs is 1. The van der Waals surface area contributed by atoms with Crippen LogP contribution >= 0.6 is 0 Å². The lowest BCUT2D eigenvalue weighted by Crippen LogP contribution is -2.27. The van der Waals surface area contributed by atoms with Gasteiger partial charge in [0.25, 0.3) is 5.91 Å². The third-order valence-corrected chi connectivity index (χ3v) is 5.08. The zero-order valence-electron chi connectivity index (χ0n) is 16.8. The van der Waals surface area contributed by atoms with Crippen molar-refractivity contribution in [3.05, 3.63) is 64.6 Å². The van der Waals surface area contributed by atoms with Gasteiger partial charge in [0.2, 0.25) is 0 Å².